The van der Waals surface area contributed by atoms with Gasteiger partial charge < -0.3 is 20.2 Å². The lowest BCUT2D eigenvalue weighted by Gasteiger charge is -2.18. The number of hydrogen-bond donors (Lipinski definition) is 3. The Labute approximate surface area is 228 Å². The number of nitrogens with one attached hydrogen (secondary N) is 2. The predicted molar refractivity (Wildman–Crippen MR) is 152 cm³/mol. The molecule has 1 atom stereocenters. The molecule has 12 heteroatoms. The number of aromatic hydroxyl groups is 1. The Hall–Kier alpha value is -2.70. The minimum atomic E-state index is -3.81. The predicted octanol–water partition coefficient (Wildman–Crippen LogP) is 5.04. The molecule has 1 saturated heterocycles. The summed E-state index contributed by atoms with van der Waals surface area (Å²) in [5.74, 6) is 1.34. The van der Waals surface area contributed by atoms with Crippen molar-refractivity contribution in [3.63, 3.8) is 0 Å². The zero-order valence-corrected chi connectivity index (χ0v) is 24.0. The molecular formula is C26H39N5O5S2. The molecule has 2 fully saturated rings. The number of anilines is 1. The second-order valence-electron chi connectivity index (χ2n) is 8.99. The van der Waals surface area contributed by atoms with Crippen molar-refractivity contribution in [2.75, 3.05) is 18.4 Å². The molecule has 0 radical (unpaired) electrons. The van der Waals surface area contributed by atoms with Crippen LogP contribution in [0.4, 0.5) is 5.69 Å². The molecule has 2 aliphatic heterocycles. The van der Waals surface area contributed by atoms with Crippen LogP contribution in [0.2, 0.25) is 0 Å². The third-order valence-corrected chi connectivity index (χ3v) is 8.83. The number of rotatable bonds is 5. The van der Waals surface area contributed by atoms with Crippen molar-refractivity contribution in [2.45, 2.75) is 83.6 Å². The SMILES string of the molecule is C1CCCCC1.CC.Cc1ccc(CNC2=NS(=O)N=C2Nc2cccc(S(=O)(=O)N3CCCC3)c2O)o1. The van der Waals surface area contributed by atoms with Crippen LogP contribution in [0.5, 0.6) is 5.75 Å². The molecule has 0 bridgehead atoms. The van der Waals surface area contributed by atoms with Gasteiger partial charge in [0.1, 0.15) is 16.4 Å². The monoisotopic (exact) mass is 565 g/mol. The fourth-order valence-corrected chi connectivity index (χ4v) is 6.56. The van der Waals surface area contributed by atoms with E-state index in [1.807, 2.05) is 26.8 Å². The number of nitrogens with zero attached hydrogens (tertiary/aromatic N) is 3. The Bertz CT molecular complexity index is 1230. The first-order valence-corrected chi connectivity index (χ1v) is 15.8. The van der Waals surface area contributed by atoms with E-state index >= 15 is 0 Å². The number of phenolic OH excluding ortho intramolecular Hbond substituents is 1. The van der Waals surface area contributed by atoms with Crippen molar-refractivity contribution >= 4 is 38.6 Å². The van der Waals surface area contributed by atoms with Gasteiger partial charge in [-0.3, -0.25) is 0 Å². The second kappa shape index (κ2) is 14.5. The van der Waals surface area contributed by atoms with E-state index in [0.717, 1.165) is 18.6 Å². The molecule has 5 rings (SSSR count). The van der Waals surface area contributed by atoms with Gasteiger partial charge in [-0.15, -0.1) is 8.80 Å². The summed E-state index contributed by atoms with van der Waals surface area (Å²) in [6, 6.07) is 8.01. The topological polar surface area (TPSA) is 137 Å². The molecule has 2 aromatic rings. The number of amidine groups is 2. The first-order valence-electron chi connectivity index (χ1n) is 13.3. The molecule has 38 heavy (non-hydrogen) atoms. The molecule has 3 heterocycles. The van der Waals surface area contributed by atoms with Gasteiger partial charge in [-0.05, 0) is 44.0 Å². The molecule has 1 aromatic heterocycles. The first-order chi connectivity index (χ1) is 18.3. The lowest BCUT2D eigenvalue weighted by Crippen LogP contribution is -2.33. The maximum Gasteiger partial charge on any atom is 0.269 e. The summed E-state index contributed by atoms with van der Waals surface area (Å²) in [7, 11) is -3.81. The van der Waals surface area contributed by atoms with Crippen LogP contribution in [0, 0.1) is 6.92 Å². The Kier molecular flexibility index (Phi) is 11.4. The van der Waals surface area contributed by atoms with E-state index in [4.69, 9.17) is 4.42 Å². The van der Waals surface area contributed by atoms with Gasteiger partial charge in [0.2, 0.25) is 10.0 Å². The van der Waals surface area contributed by atoms with Gasteiger partial charge in [0.15, 0.2) is 17.4 Å². The number of sulfonamides is 1. The van der Waals surface area contributed by atoms with E-state index in [0.29, 0.717) is 25.4 Å². The Morgan fingerprint density at radius 3 is 2.13 bits per heavy atom. The van der Waals surface area contributed by atoms with E-state index in [1.165, 1.54) is 61.0 Å². The molecule has 1 saturated carbocycles. The number of hydrogen-bond acceptors (Lipinski definition) is 7. The molecule has 3 N–H and O–H groups in total. The van der Waals surface area contributed by atoms with Crippen LogP contribution in [0.15, 0.2) is 48.4 Å². The molecular weight excluding hydrogens is 526 g/mol. The number of benzene rings is 1. The molecule has 3 aliphatic rings. The van der Waals surface area contributed by atoms with Crippen LogP contribution in [0.1, 0.15) is 76.7 Å². The highest BCUT2D eigenvalue weighted by Crippen LogP contribution is 2.34. The fraction of sp³-hybridized carbons (Fsp3) is 0.538. The first kappa shape index (κ1) is 29.9. The normalized spacial score (nSPS) is 19.4. The summed E-state index contributed by atoms with van der Waals surface area (Å²) in [6.07, 6.45) is 10.6. The quantitative estimate of drug-likeness (QED) is 0.432. The average Bonchev–Trinajstić information content (AvgIpc) is 3.69. The van der Waals surface area contributed by atoms with Gasteiger partial charge in [-0.1, -0.05) is 58.4 Å². The highest BCUT2D eigenvalue weighted by molar-refractivity contribution is 7.89. The summed E-state index contributed by atoms with van der Waals surface area (Å²) in [4.78, 5) is -0.188. The van der Waals surface area contributed by atoms with Crippen LogP contribution < -0.4 is 10.6 Å². The summed E-state index contributed by atoms with van der Waals surface area (Å²) in [5, 5.41) is 16.5. The zero-order valence-electron chi connectivity index (χ0n) is 22.4. The van der Waals surface area contributed by atoms with Crippen molar-refractivity contribution in [1.29, 1.82) is 0 Å². The van der Waals surface area contributed by atoms with Crippen molar-refractivity contribution in [2.24, 2.45) is 8.80 Å². The summed E-state index contributed by atoms with van der Waals surface area (Å²) < 4.78 is 52.1. The van der Waals surface area contributed by atoms with Crippen molar-refractivity contribution in [3.8, 4) is 5.75 Å². The van der Waals surface area contributed by atoms with Crippen LogP contribution >= 0.6 is 0 Å². The molecule has 0 spiro atoms. The lowest BCUT2D eigenvalue weighted by molar-refractivity contribution is 0.445. The van der Waals surface area contributed by atoms with Crippen LogP contribution in [0.25, 0.3) is 0 Å². The van der Waals surface area contributed by atoms with Crippen molar-refractivity contribution in [1.82, 2.24) is 9.62 Å². The van der Waals surface area contributed by atoms with Crippen LogP contribution in [-0.2, 0) is 27.7 Å². The second-order valence-corrected chi connectivity index (χ2v) is 11.7. The Morgan fingerprint density at radius 1 is 0.947 bits per heavy atom. The highest BCUT2D eigenvalue weighted by Gasteiger charge is 2.31. The van der Waals surface area contributed by atoms with E-state index < -0.39 is 26.9 Å². The third kappa shape index (κ3) is 7.90. The third-order valence-electron chi connectivity index (χ3n) is 6.22. The molecule has 1 aliphatic carbocycles. The summed E-state index contributed by atoms with van der Waals surface area (Å²) in [6.45, 7) is 6.97. The Balaban J connectivity index is 0.000000434. The number of furan rings is 1. The smallest absolute Gasteiger partial charge is 0.269 e. The van der Waals surface area contributed by atoms with Gasteiger partial charge >= 0.3 is 0 Å². The average molecular weight is 566 g/mol. The van der Waals surface area contributed by atoms with Gasteiger partial charge in [0, 0.05) is 13.1 Å². The van der Waals surface area contributed by atoms with Gasteiger partial charge in [-0.2, -0.15) is 4.31 Å². The van der Waals surface area contributed by atoms with Gasteiger partial charge in [0.25, 0.3) is 11.2 Å². The van der Waals surface area contributed by atoms with Gasteiger partial charge in [-0.25, -0.2) is 12.6 Å². The largest absolute Gasteiger partial charge is 0.504 e. The zero-order chi connectivity index (χ0) is 27.5. The maximum atomic E-state index is 12.8. The van der Waals surface area contributed by atoms with Crippen molar-refractivity contribution in [3.05, 3.63) is 41.9 Å². The van der Waals surface area contributed by atoms with Gasteiger partial charge in [0.05, 0.1) is 12.2 Å². The van der Waals surface area contributed by atoms with E-state index in [2.05, 4.69) is 19.4 Å². The molecule has 0 amide bonds. The lowest BCUT2D eigenvalue weighted by atomic mass is 10.0. The Morgan fingerprint density at radius 2 is 1.55 bits per heavy atom. The number of phenols is 1. The number of para-hydroxylation sites is 1. The summed E-state index contributed by atoms with van der Waals surface area (Å²) >= 11 is -1.83. The molecule has 210 valence electrons. The molecule has 10 nitrogen and oxygen atoms in total. The maximum absolute atomic E-state index is 12.8. The molecule has 1 unspecified atom stereocenters. The molecule has 1 aromatic carbocycles. The fourth-order valence-electron chi connectivity index (χ4n) is 4.30. The van der Waals surface area contributed by atoms with Crippen LogP contribution in [0.3, 0.4) is 0 Å². The standard InChI is InChI=1S/C18H21N5O5S2.C6H12.C2H6/c1-12-7-8-13(28-12)11-19-17-18(22-29(25)21-17)20-14-5-4-6-15(16(14)24)30(26,27)23-9-2-3-10-23;1-2-4-6-5-3-1;1-2/h4-8,24H,2-3,9-11H2,1H3,(H,19,21)(H,20,22);1-6H2;1-2H3. The minimum absolute atomic E-state index is 0.122. The van der Waals surface area contributed by atoms with E-state index in [-0.39, 0.29) is 22.3 Å². The summed E-state index contributed by atoms with van der Waals surface area (Å²) in [5.41, 5.74) is 0.122. The minimum Gasteiger partial charge on any atom is -0.504 e. The highest BCUT2D eigenvalue weighted by atomic mass is 32.2. The van der Waals surface area contributed by atoms with E-state index in [9.17, 15) is 17.7 Å². The van der Waals surface area contributed by atoms with Crippen LogP contribution in [-0.4, -0.2) is 46.8 Å². The van der Waals surface area contributed by atoms with Crippen molar-refractivity contribution < 1.29 is 22.2 Å². The number of aryl methyl sites for hydroxylation is 1. The van der Waals surface area contributed by atoms with E-state index in [1.54, 1.807) is 6.07 Å².